The van der Waals surface area contributed by atoms with Gasteiger partial charge in [0.1, 0.15) is 5.82 Å². The summed E-state index contributed by atoms with van der Waals surface area (Å²) in [5, 5.41) is 3.36. The molecule has 0 aliphatic carbocycles. The minimum absolute atomic E-state index is 0.127. The first kappa shape index (κ1) is 17.3. The Balaban J connectivity index is 2.04. The predicted molar refractivity (Wildman–Crippen MR) is 90.3 cm³/mol. The monoisotopic (exact) mass is 317 g/mol. The van der Waals surface area contributed by atoms with E-state index in [2.05, 4.69) is 12.2 Å². The van der Waals surface area contributed by atoms with Crippen LogP contribution in [-0.4, -0.2) is 13.2 Å². The summed E-state index contributed by atoms with van der Waals surface area (Å²) < 4.78 is 24.3. The van der Waals surface area contributed by atoms with Gasteiger partial charge in [-0.2, -0.15) is 0 Å². The van der Waals surface area contributed by atoms with Crippen molar-refractivity contribution in [3.8, 4) is 11.5 Å². The Labute approximate surface area is 137 Å². The fraction of sp³-hybridized carbons (Fsp3) is 0.368. The molecule has 23 heavy (non-hydrogen) atoms. The van der Waals surface area contributed by atoms with E-state index < -0.39 is 0 Å². The van der Waals surface area contributed by atoms with Gasteiger partial charge < -0.3 is 14.8 Å². The molecule has 0 radical (unpaired) electrons. The van der Waals surface area contributed by atoms with E-state index in [0.29, 0.717) is 13.1 Å². The molecule has 2 aromatic carbocycles. The first-order chi connectivity index (χ1) is 11.1. The van der Waals surface area contributed by atoms with Crippen LogP contribution in [0.4, 0.5) is 4.39 Å². The molecule has 2 aromatic rings. The summed E-state index contributed by atoms with van der Waals surface area (Å²) in [5.41, 5.74) is 2.09. The highest BCUT2D eigenvalue weighted by Crippen LogP contribution is 2.32. The van der Waals surface area contributed by atoms with Gasteiger partial charge in [0.2, 0.25) is 0 Å². The van der Waals surface area contributed by atoms with E-state index in [-0.39, 0.29) is 11.9 Å². The molecule has 1 unspecified atom stereocenters. The topological polar surface area (TPSA) is 30.5 Å². The maximum atomic E-state index is 12.9. The summed E-state index contributed by atoms with van der Waals surface area (Å²) >= 11 is 0. The number of halogens is 1. The molecule has 2 rings (SSSR count). The van der Waals surface area contributed by atoms with Gasteiger partial charge in [-0.3, -0.25) is 0 Å². The molecule has 3 nitrogen and oxygen atoms in total. The van der Waals surface area contributed by atoms with E-state index in [1.807, 2.05) is 25.1 Å². The van der Waals surface area contributed by atoms with Gasteiger partial charge in [0.05, 0.1) is 13.2 Å². The lowest BCUT2D eigenvalue weighted by atomic mass is 10.1. The maximum Gasteiger partial charge on any atom is 0.166 e. The Morgan fingerprint density at radius 1 is 1.09 bits per heavy atom. The number of methoxy groups -OCH3 is 1. The van der Waals surface area contributed by atoms with Crippen LogP contribution in [-0.2, 0) is 13.1 Å². The van der Waals surface area contributed by atoms with Gasteiger partial charge in [-0.1, -0.05) is 31.2 Å². The fourth-order valence-electron chi connectivity index (χ4n) is 2.22. The summed E-state index contributed by atoms with van der Waals surface area (Å²) in [6.45, 7) is 5.45. The summed E-state index contributed by atoms with van der Waals surface area (Å²) in [5.74, 6) is 1.31. The summed E-state index contributed by atoms with van der Waals surface area (Å²) in [6, 6.07) is 12.4. The molecule has 0 spiro atoms. The third-order valence-electron chi connectivity index (χ3n) is 3.73. The van der Waals surface area contributed by atoms with Crippen LogP contribution < -0.4 is 14.8 Å². The average molecular weight is 317 g/mol. The smallest absolute Gasteiger partial charge is 0.166 e. The van der Waals surface area contributed by atoms with Gasteiger partial charge in [0, 0.05) is 18.7 Å². The number of hydrogen-bond donors (Lipinski definition) is 1. The van der Waals surface area contributed by atoms with Gasteiger partial charge in [-0.25, -0.2) is 4.39 Å². The zero-order chi connectivity index (χ0) is 16.7. The van der Waals surface area contributed by atoms with E-state index in [1.165, 1.54) is 12.1 Å². The van der Waals surface area contributed by atoms with Crippen molar-refractivity contribution in [2.24, 2.45) is 0 Å². The molecule has 4 heteroatoms. The van der Waals surface area contributed by atoms with Crippen LogP contribution in [0.25, 0.3) is 0 Å². The first-order valence-electron chi connectivity index (χ1n) is 7.91. The molecule has 124 valence electrons. The highest BCUT2D eigenvalue weighted by Gasteiger charge is 2.13. The van der Waals surface area contributed by atoms with E-state index >= 15 is 0 Å². The molecule has 1 N–H and O–H groups in total. The summed E-state index contributed by atoms with van der Waals surface area (Å²) in [6.07, 6.45) is 1.06. The Morgan fingerprint density at radius 3 is 2.48 bits per heavy atom. The van der Waals surface area contributed by atoms with Crippen LogP contribution in [0.1, 0.15) is 31.4 Å². The quantitative estimate of drug-likeness (QED) is 0.787. The van der Waals surface area contributed by atoms with E-state index in [4.69, 9.17) is 9.47 Å². The molecule has 0 amide bonds. The van der Waals surface area contributed by atoms with Gasteiger partial charge >= 0.3 is 0 Å². The van der Waals surface area contributed by atoms with Crippen LogP contribution >= 0.6 is 0 Å². The standard InChI is InChI=1S/C19H24FNO2/c1-4-14(2)23-19-16(6-5-7-18(19)22-3)13-21-12-15-8-10-17(20)11-9-15/h5-11,14,21H,4,12-13H2,1-3H3. The Hall–Kier alpha value is -2.07. The lowest BCUT2D eigenvalue weighted by Crippen LogP contribution is -2.16. The largest absolute Gasteiger partial charge is 0.493 e. The van der Waals surface area contributed by atoms with Crippen molar-refractivity contribution < 1.29 is 13.9 Å². The normalized spacial score (nSPS) is 12.0. The number of ether oxygens (including phenoxy) is 2. The molecular weight excluding hydrogens is 293 g/mol. The van der Waals surface area contributed by atoms with Crippen LogP contribution in [0, 0.1) is 5.82 Å². The van der Waals surface area contributed by atoms with Crippen LogP contribution in [0.3, 0.4) is 0 Å². The predicted octanol–water partition coefficient (Wildman–Crippen LogP) is 4.30. The van der Waals surface area contributed by atoms with Crippen LogP contribution in [0.2, 0.25) is 0 Å². The highest BCUT2D eigenvalue weighted by atomic mass is 19.1. The zero-order valence-electron chi connectivity index (χ0n) is 13.9. The number of hydrogen-bond acceptors (Lipinski definition) is 3. The molecule has 0 fully saturated rings. The number of rotatable bonds is 8. The van der Waals surface area contributed by atoms with Crippen molar-refractivity contribution in [2.45, 2.75) is 39.5 Å². The second-order valence-electron chi connectivity index (χ2n) is 5.52. The minimum Gasteiger partial charge on any atom is -0.493 e. The minimum atomic E-state index is -0.217. The van der Waals surface area contributed by atoms with Crippen LogP contribution in [0.15, 0.2) is 42.5 Å². The number of benzene rings is 2. The van der Waals surface area contributed by atoms with Crippen molar-refractivity contribution in [3.63, 3.8) is 0 Å². The van der Waals surface area contributed by atoms with E-state index in [1.54, 1.807) is 19.2 Å². The van der Waals surface area contributed by atoms with Gasteiger partial charge in [-0.05, 0) is 37.1 Å². The second-order valence-corrected chi connectivity index (χ2v) is 5.52. The molecule has 0 bridgehead atoms. The van der Waals surface area contributed by atoms with Crippen molar-refractivity contribution in [3.05, 3.63) is 59.4 Å². The molecule has 1 atom stereocenters. The van der Waals surface area contributed by atoms with Crippen molar-refractivity contribution in [1.29, 1.82) is 0 Å². The molecule has 0 aliphatic heterocycles. The number of nitrogens with one attached hydrogen (secondary N) is 1. The third-order valence-corrected chi connectivity index (χ3v) is 3.73. The van der Waals surface area contributed by atoms with E-state index in [9.17, 15) is 4.39 Å². The molecular formula is C19H24FNO2. The van der Waals surface area contributed by atoms with Crippen molar-refractivity contribution >= 4 is 0 Å². The maximum absolute atomic E-state index is 12.9. The molecule has 0 heterocycles. The van der Waals surface area contributed by atoms with Gasteiger partial charge in [-0.15, -0.1) is 0 Å². The molecule has 0 aliphatic rings. The Kier molecular flexibility index (Phi) is 6.41. The zero-order valence-corrected chi connectivity index (χ0v) is 13.9. The third kappa shape index (κ3) is 4.96. The molecule has 0 saturated carbocycles. The number of para-hydroxylation sites is 1. The average Bonchev–Trinajstić information content (AvgIpc) is 2.57. The lowest BCUT2D eigenvalue weighted by molar-refractivity contribution is 0.205. The SMILES string of the molecule is CCC(C)Oc1c(CNCc2ccc(F)cc2)cccc1OC. The van der Waals surface area contributed by atoms with Crippen molar-refractivity contribution in [1.82, 2.24) is 5.32 Å². The molecule has 0 aromatic heterocycles. The summed E-state index contributed by atoms with van der Waals surface area (Å²) in [7, 11) is 1.65. The van der Waals surface area contributed by atoms with E-state index in [0.717, 1.165) is 29.0 Å². The summed E-state index contributed by atoms with van der Waals surface area (Å²) in [4.78, 5) is 0. The Bertz CT molecular complexity index is 613. The van der Waals surface area contributed by atoms with Gasteiger partial charge in [0.15, 0.2) is 11.5 Å². The second kappa shape index (κ2) is 8.53. The Morgan fingerprint density at radius 2 is 1.83 bits per heavy atom. The lowest BCUT2D eigenvalue weighted by Gasteiger charge is -2.19. The fourth-order valence-corrected chi connectivity index (χ4v) is 2.22. The molecule has 0 saturated heterocycles. The van der Waals surface area contributed by atoms with Crippen LogP contribution in [0.5, 0.6) is 11.5 Å². The van der Waals surface area contributed by atoms with Crippen molar-refractivity contribution in [2.75, 3.05) is 7.11 Å². The first-order valence-corrected chi connectivity index (χ1v) is 7.91. The van der Waals surface area contributed by atoms with Gasteiger partial charge in [0.25, 0.3) is 0 Å². The highest BCUT2D eigenvalue weighted by molar-refractivity contribution is 5.46.